The van der Waals surface area contributed by atoms with Gasteiger partial charge in [0.05, 0.1) is 18.8 Å². The molecular weight excluding hydrogens is 356 g/mol. The van der Waals surface area contributed by atoms with Crippen molar-refractivity contribution in [3.05, 3.63) is 24.3 Å². The fourth-order valence-electron chi connectivity index (χ4n) is 3.97. The monoisotopic (exact) mass is 384 g/mol. The number of carbonyl (C=O) groups excluding carboxylic acids is 1. The molecule has 2 fully saturated rings. The summed E-state index contributed by atoms with van der Waals surface area (Å²) in [6, 6.07) is 7.45. The van der Waals surface area contributed by atoms with Gasteiger partial charge in [0.25, 0.3) is 0 Å². The van der Waals surface area contributed by atoms with Crippen molar-refractivity contribution < 1.29 is 19.4 Å². The van der Waals surface area contributed by atoms with Crippen molar-refractivity contribution in [2.45, 2.75) is 44.4 Å². The van der Waals surface area contributed by atoms with Gasteiger partial charge in [-0.2, -0.15) is 0 Å². The van der Waals surface area contributed by atoms with Crippen LogP contribution >= 0.6 is 12.4 Å². The van der Waals surface area contributed by atoms with Crippen molar-refractivity contribution >= 4 is 18.3 Å². The summed E-state index contributed by atoms with van der Waals surface area (Å²) in [5.74, 6) is 1.90. The normalized spacial score (nSPS) is 28.1. The summed E-state index contributed by atoms with van der Waals surface area (Å²) in [7, 11) is 1.60. The molecule has 1 aliphatic carbocycles. The lowest BCUT2D eigenvalue weighted by Crippen LogP contribution is -2.50. The molecule has 1 saturated heterocycles. The minimum absolute atomic E-state index is 0. The fraction of sp³-hybridized carbons (Fsp3) is 0.632. The Morgan fingerprint density at radius 1 is 1.19 bits per heavy atom. The van der Waals surface area contributed by atoms with Crippen LogP contribution in [0.3, 0.4) is 0 Å². The summed E-state index contributed by atoms with van der Waals surface area (Å²) in [6.45, 7) is 4.82. The number of aliphatic hydroxyl groups is 1. The van der Waals surface area contributed by atoms with Crippen molar-refractivity contribution in [2.75, 3.05) is 20.2 Å². The first kappa shape index (κ1) is 20.8. The average molecular weight is 385 g/mol. The molecule has 3 rings (SSSR count). The van der Waals surface area contributed by atoms with Gasteiger partial charge in [0, 0.05) is 13.1 Å². The number of para-hydroxylation sites is 2. The van der Waals surface area contributed by atoms with Crippen molar-refractivity contribution in [1.29, 1.82) is 0 Å². The van der Waals surface area contributed by atoms with Gasteiger partial charge < -0.3 is 25.2 Å². The largest absolute Gasteiger partial charge is 0.493 e. The summed E-state index contributed by atoms with van der Waals surface area (Å²) < 4.78 is 11.4. The number of nitrogens with zero attached hydrogens (tertiary/aromatic N) is 1. The Bertz CT molecular complexity index is 634. The van der Waals surface area contributed by atoms with E-state index in [9.17, 15) is 9.90 Å². The predicted molar refractivity (Wildman–Crippen MR) is 102 cm³/mol. The van der Waals surface area contributed by atoms with Gasteiger partial charge in [-0.25, -0.2) is 0 Å². The molecule has 4 atom stereocenters. The molecule has 0 unspecified atom stereocenters. The Balaban J connectivity index is 0.00000243. The number of benzene rings is 1. The van der Waals surface area contributed by atoms with Crippen LogP contribution in [-0.2, 0) is 4.79 Å². The maximum Gasteiger partial charge on any atom is 0.242 e. The van der Waals surface area contributed by atoms with Crippen LogP contribution in [0.25, 0.3) is 0 Å². The summed E-state index contributed by atoms with van der Waals surface area (Å²) in [5.41, 5.74) is 5.10. The van der Waals surface area contributed by atoms with Gasteiger partial charge in [-0.15, -0.1) is 12.4 Å². The van der Waals surface area contributed by atoms with E-state index in [4.69, 9.17) is 15.2 Å². The highest BCUT2D eigenvalue weighted by Gasteiger charge is 2.45. The molecule has 1 aromatic rings. The number of fused-ring (bicyclic) bond motifs is 1. The number of carbonyl (C=O) groups is 1. The minimum atomic E-state index is -0.862. The zero-order valence-electron chi connectivity index (χ0n) is 15.6. The summed E-state index contributed by atoms with van der Waals surface area (Å²) >= 11 is 0. The number of hydrogen-bond acceptors (Lipinski definition) is 5. The highest BCUT2D eigenvalue weighted by molar-refractivity contribution is 5.85. The number of amides is 1. The van der Waals surface area contributed by atoms with E-state index in [2.05, 4.69) is 0 Å². The summed E-state index contributed by atoms with van der Waals surface area (Å²) in [5, 5.41) is 10.5. The molecule has 6 nitrogen and oxygen atoms in total. The van der Waals surface area contributed by atoms with Gasteiger partial charge in [0.1, 0.15) is 6.10 Å². The third kappa shape index (κ3) is 4.24. The standard InChI is InChI=1S/C19H28N2O4.ClH/c1-19(2,20)18(23)21-10-12-8-14(22)17(9-13(12)11-21)25-16-7-5-4-6-15(16)24-3;/h4-7,12-14,17,22H,8-11,20H2,1-3H3;1H/t12-,13+,14+,17+;/m0./s1. The van der Waals surface area contributed by atoms with Crippen molar-refractivity contribution in [1.82, 2.24) is 4.90 Å². The van der Waals surface area contributed by atoms with Gasteiger partial charge in [0.2, 0.25) is 5.91 Å². The number of halogens is 1. The van der Waals surface area contributed by atoms with E-state index in [1.165, 1.54) is 0 Å². The van der Waals surface area contributed by atoms with Crippen molar-refractivity contribution in [3.63, 3.8) is 0 Å². The number of ether oxygens (including phenoxy) is 2. The van der Waals surface area contributed by atoms with Crippen molar-refractivity contribution in [2.24, 2.45) is 17.6 Å². The quantitative estimate of drug-likeness (QED) is 0.827. The molecule has 146 valence electrons. The molecule has 1 amide bonds. The van der Waals surface area contributed by atoms with Crippen LogP contribution in [0, 0.1) is 11.8 Å². The second-order valence-electron chi connectivity index (χ2n) is 7.80. The molecule has 0 aromatic heterocycles. The summed E-state index contributed by atoms with van der Waals surface area (Å²) in [4.78, 5) is 14.3. The SMILES string of the molecule is COc1ccccc1O[C@@H]1C[C@@H]2CN(C(=O)C(C)(C)N)C[C@@H]2C[C@H]1O.Cl. The van der Waals surface area contributed by atoms with Crippen LogP contribution in [0.4, 0.5) is 0 Å². The number of nitrogens with two attached hydrogens (primary N) is 1. The van der Waals surface area contributed by atoms with E-state index < -0.39 is 11.6 Å². The molecule has 1 heterocycles. The molecule has 2 aliphatic rings. The van der Waals surface area contributed by atoms with Crippen molar-refractivity contribution in [3.8, 4) is 11.5 Å². The molecule has 0 spiro atoms. The molecule has 0 bridgehead atoms. The molecule has 0 radical (unpaired) electrons. The van der Waals surface area contributed by atoms with E-state index in [0.717, 1.165) is 6.42 Å². The highest BCUT2D eigenvalue weighted by Crippen LogP contribution is 2.39. The lowest BCUT2D eigenvalue weighted by atomic mass is 9.78. The lowest BCUT2D eigenvalue weighted by molar-refractivity contribution is -0.134. The van der Waals surface area contributed by atoms with Gasteiger partial charge in [-0.1, -0.05) is 12.1 Å². The van der Waals surface area contributed by atoms with Crippen LogP contribution in [0.5, 0.6) is 11.5 Å². The van der Waals surface area contributed by atoms with E-state index in [0.29, 0.717) is 42.8 Å². The first-order valence-corrected chi connectivity index (χ1v) is 8.85. The smallest absolute Gasteiger partial charge is 0.242 e. The van der Waals surface area contributed by atoms with Crippen LogP contribution in [0.15, 0.2) is 24.3 Å². The van der Waals surface area contributed by atoms with Gasteiger partial charge in [-0.3, -0.25) is 4.79 Å². The van der Waals surface area contributed by atoms with Crippen LogP contribution < -0.4 is 15.2 Å². The number of methoxy groups -OCH3 is 1. The third-order valence-electron chi connectivity index (χ3n) is 5.27. The van der Waals surface area contributed by atoms with E-state index in [-0.39, 0.29) is 24.4 Å². The Morgan fingerprint density at radius 2 is 1.77 bits per heavy atom. The average Bonchev–Trinajstić information content (AvgIpc) is 2.96. The Kier molecular flexibility index (Phi) is 6.42. The zero-order chi connectivity index (χ0) is 18.2. The van der Waals surface area contributed by atoms with Gasteiger partial charge in [0.15, 0.2) is 11.5 Å². The van der Waals surface area contributed by atoms with Crippen LogP contribution in [0.2, 0.25) is 0 Å². The minimum Gasteiger partial charge on any atom is -0.493 e. The second-order valence-corrected chi connectivity index (χ2v) is 7.80. The fourth-order valence-corrected chi connectivity index (χ4v) is 3.97. The highest BCUT2D eigenvalue weighted by atomic mass is 35.5. The van der Waals surface area contributed by atoms with Gasteiger partial charge >= 0.3 is 0 Å². The zero-order valence-corrected chi connectivity index (χ0v) is 16.4. The predicted octanol–water partition coefficient (Wildman–Crippen LogP) is 1.83. The third-order valence-corrected chi connectivity index (χ3v) is 5.27. The lowest BCUT2D eigenvalue weighted by Gasteiger charge is -2.35. The summed E-state index contributed by atoms with van der Waals surface area (Å²) in [6.07, 6.45) is 0.517. The van der Waals surface area contributed by atoms with E-state index in [1.54, 1.807) is 21.0 Å². The van der Waals surface area contributed by atoms with Gasteiger partial charge in [-0.05, 0) is 50.7 Å². The molecule has 3 N–H and O–H groups in total. The molecule has 26 heavy (non-hydrogen) atoms. The second kappa shape index (κ2) is 8.03. The maximum absolute atomic E-state index is 12.4. The topological polar surface area (TPSA) is 85.0 Å². The molecule has 1 aromatic carbocycles. The van der Waals surface area contributed by atoms with Crippen LogP contribution in [0.1, 0.15) is 26.7 Å². The molecule has 1 aliphatic heterocycles. The molecule has 1 saturated carbocycles. The number of hydrogen-bond donors (Lipinski definition) is 2. The van der Waals surface area contributed by atoms with E-state index in [1.807, 2.05) is 29.2 Å². The Hall–Kier alpha value is -1.50. The number of rotatable bonds is 4. The first-order chi connectivity index (χ1) is 11.8. The molecule has 7 heteroatoms. The van der Waals surface area contributed by atoms with Crippen LogP contribution in [-0.4, -0.2) is 53.9 Å². The number of aliphatic hydroxyl groups excluding tert-OH is 1. The maximum atomic E-state index is 12.4. The number of likely N-dealkylation sites (tertiary alicyclic amines) is 1. The van der Waals surface area contributed by atoms with E-state index >= 15 is 0 Å². The Labute approximate surface area is 161 Å². The molecular formula is C19H29ClN2O4. The Morgan fingerprint density at radius 3 is 2.35 bits per heavy atom. The first-order valence-electron chi connectivity index (χ1n) is 8.85.